The van der Waals surface area contributed by atoms with Gasteiger partial charge >= 0.3 is 0 Å². The fraction of sp³-hybridized carbons (Fsp3) is 0.643. The Morgan fingerprint density at radius 2 is 2.33 bits per heavy atom. The Hall–Kier alpha value is -1.45. The first-order valence-corrected chi connectivity index (χ1v) is 6.88. The van der Waals surface area contributed by atoms with E-state index in [2.05, 4.69) is 19.2 Å². The fourth-order valence-electron chi connectivity index (χ4n) is 2.75. The predicted octanol–water partition coefficient (Wildman–Crippen LogP) is 2.40. The first kappa shape index (κ1) is 13.0. The van der Waals surface area contributed by atoms with Crippen LogP contribution in [0.5, 0.6) is 0 Å². The molecule has 1 aromatic heterocycles. The lowest BCUT2D eigenvalue weighted by atomic mass is 10.1. The highest BCUT2D eigenvalue weighted by molar-refractivity contribution is 5.94. The summed E-state index contributed by atoms with van der Waals surface area (Å²) in [5, 5.41) is 3.14. The van der Waals surface area contributed by atoms with Gasteiger partial charge in [-0.1, -0.05) is 20.3 Å². The smallest absolute Gasteiger partial charge is 0.268 e. The Morgan fingerprint density at radius 1 is 1.56 bits per heavy atom. The van der Waals surface area contributed by atoms with Gasteiger partial charge in [-0.05, 0) is 31.2 Å². The first-order valence-electron chi connectivity index (χ1n) is 6.88. The van der Waals surface area contributed by atoms with Crippen LogP contribution in [0.2, 0.25) is 0 Å². The van der Waals surface area contributed by atoms with Crippen molar-refractivity contribution in [2.45, 2.75) is 52.1 Å². The summed E-state index contributed by atoms with van der Waals surface area (Å²) in [7, 11) is 0. The molecule has 1 aromatic rings. The highest BCUT2D eigenvalue weighted by Gasteiger charge is 2.26. The number of hydrogen-bond acceptors (Lipinski definition) is 2. The molecule has 2 unspecified atom stereocenters. The second-order valence-corrected chi connectivity index (χ2v) is 5.34. The van der Waals surface area contributed by atoms with Gasteiger partial charge in [0.05, 0.1) is 5.69 Å². The Bertz CT molecular complexity index is 425. The molecule has 3 N–H and O–H groups in total. The first-order chi connectivity index (χ1) is 8.61. The number of carbonyl (C=O) groups is 1. The molecular weight excluding hydrogens is 226 g/mol. The van der Waals surface area contributed by atoms with Crippen molar-refractivity contribution in [2.75, 3.05) is 5.73 Å². The van der Waals surface area contributed by atoms with Crippen LogP contribution in [0, 0.1) is 5.92 Å². The number of nitrogens with zero attached hydrogens (tertiary/aromatic N) is 1. The van der Waals surface area contributed by atoms with Crippen molar-refractivity contribution in [3.05, 3.63) is 18.0 Å². The Balaban J connectivity index is 2.08. The molecule has 100 valence electrons. The summed E-state index contributed by atoms with van der Waals surface area (Å²) in [5.74, 6) is 0.597. The normalized spacial score (nSPS) is 23.2. The van der Waals surface area contributed by atoms with Crippen molar-refractivity contribution < 1.29 is 4.79 Å². The molecule has 0 saturated heterocycles. The van der Waals surface area contributed by atoms with Crippen molar-refractivity contribution >= 4 is 11.6 Å². The average molecular weight is 249 g/mol. The number of carbonyl (C=O) groups excluding carboxylic acids is 1. The van der Waals surface area contributed by atoms with Gasteiger partial charge in [-0.15, -0.1) is 0 Å². The van der Waals surface area contributed by atoms with Gasteiger partial charge in [-0.25, -0.2) is 0 Å². The van der Waals surface area contributed by atoms with E-state index in [-0.39, 0.29) is 5.91 Å². The maximum absolute atomic E-state index is 12.3. The van der Waals surface area contributed by atoms with E-state index in [1.54, 1.807) is 6.07 Å². The number of hydrogen-bond donors (Lipinski definition) is 2. The van der Waals surface area contributed by atoms with Crippen LogP contribution in [-0.4, -0.2) is 16.5 Å². The van der Waals surface area contributed by atoms with Gasteiger partial charge in [0.2, 0.25) is 0 Å². The van der Waals surface area contributed by atoms with E-state index in [0.717, 1.165) is 19.4 Å². The van der Waals surface area contributed by atoms with Crippen LogP contribution in [0.1, 0.15) is 50.0 Å². The molecule has 0 bridgehead atoms. The molecule has 1 fully saturated rings. The van der Waals surface area contributed by atoms with E-state index >= 15 is 0 Å². The van der Waals surface area contributed by atoms with Gasteiger partial charge in [0, 0.05) is 18.8 Å². The quantitative estimate of drug-likeness (QED) is 0.860. The summed E-state index contributed by atoms with van der Waals surface area (Å²) in [4.78, 5) is 12.3. The van der Waals surface area contributed by atoms with Gasteiger partial charge in [0.1, 0.15) is 5.69 Å². The topological polar surface area (TPSA) is 60.0 Å². The zero-order valence-corrected chi connectivity index (χ0v) is 11.3. The minimum atomic E-state index is 0.0129. The molecule has 1 heterocycles. The highest BCUT2D eigenvalue weighted by Crippen LogP contribution is 2.25. The van der Waals surface area contributed by atoms with Crippen LogP contribution in [0.4, 0.5) is 5.69 Å². The second-order valence-electron chi connectivity index (χ2n) is 5.34. The number of anilines is 1. The van der Waals surface area contributed by atoms with Crippen LogP contribution in [0.25, 0.3) is 0 Å². The molecule has 4 nitrogen and oxygen atoms in total. The van der Waals surface area contributed by atoms with Crippen molar-refractivity contribution in [1.82, 2.24) is 9.88 Å². The molecule has 0 aliphatic heterocycles. The number of nitrogen functional groups attached to an aromatic ring is 1. The predicted molar refractivity (Wildman–Crippen MR) is 73.4 cm³/mol. The average Bonchev–Trinajstić information content (AvgIpc) is 2.87. The van der Waals surface area contributed by atoms with Crippen molar-refractivity contribution in [2.24, 2.45) is 5.92 Å². The van der Waals surface area contributed by atoms with E-state index in [1.807, 2.05) is 10.8 Å². The summed E-state index contributed by atoms with van der Waals surface area (Å²) in [6.07, 6.45) is 6.36. The third-order valence-electron chi connectivity index (χ3n) is 3.79. The van der Waals surface area contributed by atoms with Crippen LogP contribution in [0.15, 0.2) is 12.3 Å². The van der Waals surface area contributed by atoms with Gasteiger partial charge in [-0.2, -0.15) is 0 Å². The van der Waals surface area contributed by atoms with Crippen molar-refractivity contribution in [3.63, 3.8) is 0 Å². The van der Waals surface area contributed by atoms with Crippen LogP contribution < -0.4 is 11.1 Å². The maximum atomic E-state index is 12.3. The minimum absolute atomic E-state index is 0.0129. The zero-order chi connectivity index (χ0) is 13.1. The van der Waals surface area contributed by atoms with Crippen molar-refractivity contribution in [1.29, 1.82) is 0 Å². The van der Waals surface area contributed by atoms with Gasteiger partial charge in [0.15, 0.2) is 0 Å². The SMILES string of the molecule is CCCn1cc(N)cc1C(=O)NC1CCCC1C. The number of nitrogens with one attached hydrogen (secondary N) is 1. The van der Waals surface area contributed by atoms with Crippen molar-refractivity contribution in [3.8, 4) is 0 Å². The Kier molecular flexibility index (Phi) is 3.94. The standard InChI is InChI=1S/C14H23N3O/c1-3-7-17-9-11(15)8-13(17)14(18)16-12-6-4-5-10(12)2/h8-10,12H,3-7,15H2,1-2H3,(H,16,18). The number of aromatic nitrogens is 1. The Morgan fingerprint density at radius 3 is 2.94 bits per heavy atom. The third kappa shape index (κ3) is 2.68. The summed E-state index contributed by atoms with van der Waals surface area (Å²) < 4.78 is 1.95. The fourth-order valence-corrected chi connectivity index (χ4v) is 2.75. The van der Waals surface area contributed by atoms with E-state index < -0.39 is 0 Å². The third-order valence-corrected chi connectivity index (χ3v) is 3.79. The lowest BCUT2D eigenvalue weighted by molar-refractivity contribution is 0.0920. The summed E-state index contributed by atoms with van der Waals surface area (Å²) in [5.41, 5.74) is 7.13. The van der Waals surface area contributed by atoms with E-state index in [4.69, 9.17) is 5.73 Å². The van der Waals surface area contributed by atoms with E-state index in [1.165, 1.54) is 12.8 Å². The van der Waals surface area contributed by atoms with E-state index in [9.17, 15) is 4.79 Å². The molecular formula is C14H23N3O. The maximum Gasteiger partial charge on any atom is 0.268 e. The summed E-state index contributed by atoms with van der Waals surface area (Å²) >= 11 is 0. The highest BCUT2D eigenvalue weighted by atomic mass is 16.2. The molecule has 0 aromatic carbocycles. The molecule has 1 aliphatic rings. The molecule has 1 amide bonds. The second kappa shape index (κ2) is 5.46. The largest absolute Gasteiger partial charge is 0.397 e. The van der Waals surface area contributed by atoms with Crippen LogP contribution >= 0.6 is 0 Å². The minimum Gasteiger partial charge on any atom is -0.397 e. The van der Waals surface area contributed by atoms with Gasteiger partial charge in [-0.3, -0.25) is 4.79 Å². The number of nitrogens with two attached hydrogens (primary N) is 1. The molecule has 18 heavy (non-hydrogen) atoms. The molecule has 4 heteroatoms. The number of rotatable bonds is 4. The number of aryl methyl sites for hydroxylation is 1. The molecule has 0 spiro atoms. The lowest BCUT2D eigenvalue weighted by Gasteiger charge is -2.17. The molecule has 1 saturated carbocycles. The monoisotopic (exact) mass is 249 g/mol. The van der Waals surface area contributed by atoms with Crippen LogP contribution in [0.3, 0.4) is 0 Å². The molecule has 1 aliphatic carbocycles. The summed E-state index contributed by atoms with van der Waals surface area (Å²) in [6, 6.07) is 2.09. The zero-order valence-electron chi connectivity index (χ0n) is 11.3. The molecule has 2 atom stereocenters. The van der Waals surface area contributed by atoms with Gasteiger partial charge in [0.25, 0.3) is 5.91 Å². The van der Waals surface area contributed by atoms with Gasteiger partial charge < -0.3 is 15.6 Å². The van der Waals surface area contributed by atoms with E-state index in [0.29, 0.717) is 23.3 Å². The Labute approximate surface area is 109 Å². The van der Waals surface area contributed by atoms with Crippen LogP contribution in [-0.2, 0) is 6.54 Å². The summed E-state index contributed by atoms with van der Waals surface area (Å²) in [6.45, 7) is 5.13. The lowest BCUT2D eigenvalue weighted by Crippen LogP contribution is -2.37. The molecule has 2 rings (SSSR count). The molecule has 0 radical (unpaired) electrons. The number of amides is 1.